The summed E-state index contributed by atoms with van der Waals surface area (Å²) in [4.78, 5) is 7.78. The molecule has 0 radical (unpaired) electrons. The lowest BCUT2D eigenvalue weighted by Gasteiger charge is -2.12. The van der Waals surface area contributed by atoms with Crippen LogP contribution in [0.4, 0.5) is 0 Å². The van der Waals surface area contributed by atoms with Gasteiger partial charge in [0.1, 0.15) is 15.1 Å². The molecule has 0 spiro atoms. The van der Waals surface area contributed by atoms with Crippen LogP contribution < -0.4 is 4.72 Å². The standard InChI is InChI=1S/C10H10ClN3O2S2/c1-7(10-13-5-6-17-10)14-18(15,16)8-3-2-4-12-9(8)11/h2-7,14H,1H3. The van der Waals surface area contributed by atoms with E-state index in [2.05, 4.69) is 14.7 Å². The monoisotopic (exact) mass is 303 g/mol. The summed E-state index contributed by atoms with van der Waals surface area (Å²) in [5, 5.41) is 2.44. The van der Waals surface area contributed by atoms with Gasteiger partial charge in [0.05, 0.1) is 6.04 Å². The van der Waals surface area contributed by atoms with Gasteiger partial charge in [-0.3, -0.25) is 0 Å². The molecule has 96 valence electrons. The van der Waals surface area contributed by atoms with Gasteiger partial charge in [-0.2, -0.15) is 0 Å². The van der Waals surface area contributed by atoms with Crippen molar-refractivity contribution in [3.8, 4) is 0 Å². The Kier molecular flexibility index (Phi) is 3.96. The highest BCUT2D eigenvalue weighted by atomic mass is 35.5. The maximum absolute atomic E-state index is 12.1. The lowest BCUT2D eigenvalue weighted by atomic mass is 10.4. The first-order valence-electron chi connectivity index (χ1n) is 5.03. The number of nitrogens with zero attached hydrogens (tertiary/aromatic N) is 2. The van der Waals surface area contributed by atoms with Crippen LogP contribution in [0.3, 0.4) is 0 Å². The van der Waals surface area contributed by atoms with Crippen LogP contribution >= 0.6 is 22.9 Å². The van der Waals surface area contributed by atoms with Gasteiger partial charge in [0, 0.05) is 17.8 Å². The molecule has 8 heteroatoms. The first-order valence-corrected chi connectivity index (χ1v) is 7.77. The van der Waals surface area contributed by atoms with E-state index in [4.69, 9.17) is 11.6 Å². The third kappa shape index (κ3) is 2.86. The third-order valence-electron chi connectivity index (χ3n) is 2.17. The molecule has 1 unspecified atom stereocenters. The average molecular weight is 304 g/mol. The minimum Gasteiger partial charge on any atom is -0.248 e. The molecule has 0 amide bonds. The van der Waals surface area contributed by atoms with Crippen LogP contribution in [0.5, 0.6) is 0 Å². The molecule has 0 fully saturated rings. The summed E-state index contributed by atoms with van der Waals surface area (Å²) in [6, 6.07) is 2.52. The molecule has 0 aromatic carbocycles. The second-order valence-corrected chi connectivity index (χ2v) is 6.47. The summed E-state index contributed by atoms with van der Waals surface area (Å²) in [5.41, 5.74) is 0. The Balaban J connectivity index is 2.26. The molecule has 0 aliphatic heterocycles. The van der Waals surface area contributed by atoms with E-state index in [-0.39, 0.29) is 10.0 Å². The number of halogens is 1. The van der Waals surface area contributed by atoms with Crippen molar-refractivity contribution in [3.05, 3.63) is 40.1 Å². The molecule has 18 heavy (non-hydrogen) atoms. The van der Waals surface area contributed by atoms with Crippen molar-refractivity contribution in [2.75, 3.05) is 0 Å². The van der Waals surface area contributed by atoms with Crippen molar-refractivity contribution < 1.29 is 8.42 Å². The Bertz CT molecular complexity index is 628. The number of hydrogen-bond acceptors (Lipinski definition) is 5. The average Bonchev–Trinajstić information content (AvgIpc) is 2.82. The molecule has 2 aromatic rings. The Labute approximate surface area is 114 Å². The second-order valence-electron chi connectivity index (χ2n) is 3.51. The normalized spacial score (nSPS) is 13.4. The van der Waals surface area contributed by atoms with E-state index in [9.17, 15) is 8.42 Å². The summed E-state index contributed by atoms with van der Waals surface area (Å²) in [6.07, 6.45) is 3.06. The molecule has 0 aliphatic carbocycles. The van der Waals surface area contributed by atoms with Gasteiger partial charge >= 0.3 is 0 Å². The van der Waals surface area contributed by atoms with Crippen LogP contribution in [0, 0.1) is 0 Å². The van der Waals surface area contributed by atoms with Crippen LogP contribution in [-0.2, 0) is 10.0 Å². The van der Waals surface area contributed by atoms with Crippen LogP contribution in [0.2, 0.25) is 5.15 Å². The fourth-order valence-corrected chi connectivity index (χ4v) is 3.75. The zero-order valence-corrected chi connectivity index (χ0v) is 11.8. The second kappa shape index (κ2) is 5.31. The molecule has 2 heterocycles. The van der Waals surface area contributed by atoms with Crippen LogP contribution in [0.25, 0.3) is 0 Å². The minimum atomic E-state index is -3.69. The first-order chi connectivity index (χ1) is 8.50. The molecule has 1 atom stereocenters. The zero-order valence-electron chi connectivity index (χ0n) is 9.37. The Hall–Kier alpha value is -1.02. The van der Waals surface area contributed by atoms with Crippen molar-refractivity contribution in [3.63, 3.8) is 0 Å². The van der Waals surface area contributed by atoms with Crippen LogP contribution in [-0.4, -0.2) is 18.4 Å². The third-order valence-corrected chi connectivity index (χ3v) is 5.11. The van der Waals surface area contributed by atoms with Gasteiger partial charge < -0.3 is 0 Å². The maximum Gasteiger partial charge on any atom is 0.244 e. The fourth-order valence-electron chi connectivity index (χ4n) is 1.37. The zero-order chi connectivity index (χ0) is 13.2. The fraction of sp³-hybridized carbons (Fsp3) is 0.200. The van der Waals surface area contributed by atoms with Crippen molar-refractivity contribution in [2.24, 2.45) is 0 Å². The topological polar surface area (TPSA) is 72.0 Å². The van der Waals surface area contributed by atoms with E-state index < -0.39 is 16.1 Å². The molecule has 2 aromatic heterocycles. The predicted octanol–water partition coefficient (Wildman–Crippen LogP) is 2.23. The number of sulfonamides is 1. The van der Waals surface area contributed by atoms with Gasteiger partial charge in [0.25, 0.3) is 0 Å². The molecule has 2 rings (SSSR count). The van der Waals surface area contributed by atoms with Gasteiger partial charge in [-0.05, 0) is 19.1 Å². The highest BCUT2D eigenvalue weighted by Gasteiger charge is 2.22. The number of aromatic nitrogens is 2. The van der Waals surface area contributed by atoms with Gasteiger partial charge in [0.2, 0.25) is 10.0 Å². The number of thiazole rings is 1. The largest absolute Gasteiger partial charge is 0.248 e. The molecule has 0 aliphatic rings. The highest BCUT2D eigenvalue weighted by molar-refractivity contribution is 7.89. The van der Waals surface area contributed by atoms with E-state index in [0.717, 1.165) is 0 Å². The Morgan fingerprint density at radius 3 is 2.78 bits per heavy atom. The smallest absolute Gasteiger partial charge is 0.244 e. The maximum atomic E-state index is 12.1. The van der Waals surface area contributed by atoms with E-state index in [1.807, 2.05) is 0 Å². The summed E-state index contributed by atoms with van der Waals surface area (Å²) in [7, 11) is -3.69. The van der Waals surface area contributed by atoms with Crippen LogP contribution in [0.1, 0.15) is 18.0 Å². The molecule has 0 bridgehead atoms. The molecule has 0 saturated carbocycles. The lowest BCUT2D eigenvalue weighted by molar-refractivity contribution is 0.566. The summed E-state index contributed by atoms with van der Waals surface area (Å²) in [6.45, 7) is 1.72. The number of pyridine rings is 1. The molecule has 1 N–H and O–H groups in total. The number of hydrogen-bond donors (Lipinski definition) is 1. The molecule has 5 nitrogen and oxygen atoms in total. The Morgan fingerprint density at radius 1 is 1.39 bits per heavy atom. The minimum absolute atomic E-state index is 0.0323. The van der Waals surface area contributed by atoms with Gasteiger partial charge in [-0.15, -0.1) is 11.3 Å². The van der Waals surface area contributed by atoms with Crippen LogP contribution in [0.15, 0.2) is 34.8 Å². The van der Waals surface area contributed by atoms with Crippen molar-refractivity contribution in [2.45, 2.75) is 17.9 Å². The summed E-state index contributed by atoms with van der Waals surface area (Å²) >= 11 is 7.16. The van der Waals surface area contributed by atoms with E-state index in [1.165, 1.54) is 29.7 Å². The van der Waals surface area contributed by atoms with Crippen molar-refractivity contribution in [1.29, 1.82) is 0 Å². The highest BCUT2D eigenvalue weighted by Crippen LogP contribution is 2.21. The summed E-state index contributed by atoms with van der Waals surface area (Å²) < 4.78 is 26.7. The molecular formula is C10H10ClN3O2S2. The van der Waals surface area contributed by atoms with Gasteiger partial charge in [-0.25, -0.2) is 23.1 Å². The van der Waals surface area contributed by atoms with E-state index in [0.29, 0.717) is 5.01 Å². The van der Waals surface area contributed by atoms with E-state index >= 15 is 0 Å². The van der Waals surface area contributed by atoms with Gasteiger partial charge in [0.15, 0.2) is 0 Å². The molecule has 0 saturated heterocycles. The van der Waals surface area contributed by atoms with E-state index in [1.54, 1.807) is 18.5 Å². The number of nitrogens with one attached hydrogen (secondary N) is 1. The quantitative estimate of drug-likeness (QED) is 0.879. The van der Waals surface area contributed by atoms with Crippen molar-refractivity contribution in [1.82, 2.24) is 14.7 Å². The van der Waals surface area contributed by atoms with Crippen molar-refractivity contribution >= 4 is 33.0 Å². The number of rotatable bonds is 4. The predicted molar refractivity (Wildman–Crippen MR) is 70.1 cm³/mol. The summed E-state index contributed by atoms with van der Waals surface area (Å²) in [5.74, 6) is 0. The SMILES string of the molecule is CC(NS(=O)(=O)c1cccnc1Cl)c1nccs1. The Morgan fingerprint density at radius 2 is 2.17 bits per heavy atom. The van der Waals surface area contributed by atoms with Gasteiger partial charge in [-0.1, -0.05) is 11.6 Å². The lowest BCUT2D eigenvalue weighted by Crippen LogP contribution is -2.27. The first kappa shape index (κ1) is 13.4. The molecular weight excluding hydrogens is 294 g/mol.